The van der Waals surface area contributed by atoms with Gasteiger partial charge in [-0.25, -0.2) is 4.79 Å². The van der Waals surface area contributed by atoms with Gasteiger partial charge in [-0.3, -0.25) is 18.5 Å². The Balaban J connectivity index is 1.91. The summed E-state index contributed by atoms with van der Waals surface area (Å²) in [6, 6.07) is 9.66. The first kappa shape index (κ1) is 17.5. The maximum absolute atomic E-state index is 12.8. The van der Waals surface area contributed by atoms with Gasteiger partial charge < -0.3 is 10.4 Å². The van der Waals surface area contributed by atoms with Crippen LogP contribution in [0, 0.1) is 0 Å². The molecule has 0 bridgehead atoms. The molecule has 1 aliphatic carbocycles. The van der Waals surface area contributed by atoms with Gasteiger partial charge >= 0.3 is 5.69 Å². The minimum Gasteiger partial charge on any atom is -0.391 e. The van der Waals surface area contributed by atoms with Gasteiger partial charge in [-0.1, -0.05) is 30.3 Å². The normalized spacial score (nSPS) is 19.7. The van der Waals surface area contributed by atoms with Gasteiger partial charge in [0.15, 0.2) is 11.2 Å². The number of aryl methyl sites for hydroxylation is 1. The molecule has 0 spiro atoms. The Bertz CT molecular complexity index is 1100. The van der Waals surface area contributed by atoms with E-state index >= 15 is 0 Å². The van der Waals surface area contributed by atoms with Crippen LogP contribution in [-0.4, -0.2) is 35.9 Å². The lowest BCUT2D eigenvalue weighted by Crippen LogP contribution is -2.37. The molecule has 2 heterocycles. The van der Waals surface area contributed by atoms with Crippen LogP contribution < -0.4 is 16.6 Å². The van der Waals surface area contributed by atoms with Gasteiger partial charge in [0, 0.05) is 14.1 Å². The van der Waals surface area contributed by atoms with Crippen LogP contribution in [0.2, 0.25) is 0 Å². The summed E-state index contributed by atoms with van der Waals surface area (Å²) in [5, 5.41) is 13.5. The number of imidazole rings is 1. The molecular weight excluding hydrogens is 346 g/mol. The quantitative estimate of drug-likeness (QED) is 0.710. The standard InChI is InChI=1S/C19H23N5O3/c1-22-16-15(17(26)23(2)19(22)27)24(11-12-7-4-3-5-8-12)18(21-16)20-13-9-6-10-14(13)25/h3-5,7-8,13-14,25H,6,9-11H2,1-2H3,(H,20,21)/t13-,14+/m1/s1. The van der Waals surface area contributed by atoms with Crippen molar-refractivity contribution in [3.8, 4) is 0 Å². The van der Waals surface area contributed by atoms with Gasteiger partial charge in [0.05, 0.1) is 18.7 Å². The Hall–Kier alpha value is -2.87. The third-order valence-corrected chi connectivity index (χ3v) is 5.33. The van der Waals surface area contributed by atoms with Crippen molar-refractivity contribution in [2.75, 3.05) is 5.32 Å². The monoisotopic (exact) mass is 369 g/mol. The number of aliphatic hydroxyl groups excluding tert-OH is 1. The van der Waals surface area contributed by atoms with E-state index in [-0.39, 0.29) is 11.6 Å². The molecule has 2 N–H and O–H groups in total. The molecule has 1 saturated carbocycles. The van der Waals surface area contributed by atoms with Gasteiger partial charge in [-0.15, -0.1) is 0 Å². The molecular formula is C19H23N5O3. The van der Waals surface area contributed by atoms with E-state index in [2.05, 4.69) is 10.3 Å². The molecule has 0 saturated heterocycles. The summed E-state index contributed by atoms with van der Waals surface area (Å²) in [6.45, 7) is 0.440. The molecule has 0 aliphatic heterocycles. The number of rotatable bonds is 4. The highest BCUT2D eigenvalue weighted by Crippen LogP contribution is 2.25. The summed E-state index contributed by atoms with van der Waals surface area (Å²) in [5.41, 5.74) is 0.941. The first-order chi connectivity index (χ1) is 13.0. The summed E-state index contributed by atoms with van der Waals surface area (Å²) >= 11 is 0. The number of hydrogen-bond acceptors (Lipinski definition) is 5. The molecule has 27 heavy (non-hydrogen) atoms. The van der Waals surface area contributed by atoms with Crippen LogP contribution >= 0.6 is 0 Å². The van der Waals surface area contributed by atoms with E-state index in [0.717, 1.165) is 29.4 Å². The lowest BCUT2D eigenvalue weighted by Gasteiger charge is -2.18. The Morgan fingerprint density at radius 3 is 2.56 bits per heavy atom. The Morgan fingerprint density at radius 2 is 1.89 bits per heavy atom. The SMILES string of the molecule is Cn1c(=O)c2c(nc(N[C@@H]3CCC[C@@H]3O)n2Cc2ccccc2)n(C)c1=O. The van der Waals surface area contributed by atoms with Crippen LogP contribution in [0.15, 0.2) is 39.9 Å². The number of aromatic nitrogens is 4. The second-order valence-electron chi connectivity index (χ2n) is 7.13. The summed E-state index contributed by atoms with van der Waals surface area (Å²) in [5.74, 6) is 0.498. The largest absolute Gasteiger partial charge is 0.391 e. The molecule has 142 valence electrons. The second kappa shape index (κ2) is 6.70. The third-order valence-electron chi connectivity index (χ3n) is 5.33. The van der Waals surface area contributed by atoms with Gasteiger partial charge in [0.1, 0.15) is 0 Å². The molecule has 8 heteroatoms. The van der Waals surface area contributed by atoms with Gasteiger partial charge in [0.25, 0.3) is 5.56 Å². The van der Waals surface area contributed by atoms with Gasteiger partial charge in [0.2, 0.25) is 5.95 Å². The Kier molecular flexibility index (Phi) is 4.35. The topological polar surface area (TPSA) is 94.1 Å². The van der Waals surface area contributed by atoms with Crippen molar-refractivity contribution in [3.05, 3.63) is 56.7 Å². The maximum atomic E-state index is 12.8. The first-order valence-electron chi connectivity index (χ1n) is 9.12. The highest BCUT2D eigenvalue weighted by atomic mass is 16.3. The third kappa shape index (κ3) is 2.95. The second-order valence-corrected chi connectivity index (χ2v) is 7.13. The van der Waals surface area contributed by atoms with Crippen LogP contribution in [0.25, 0.3) is 11.2 Å². The van der Waals surface area contributed by atoms with Crippen molar-refractivity contribution in [1.29, 1.82) is 0 Å². The average molecular weight is 369 g/mol. The smallest absolute Gasteiger partial charge is 0.332 e. The van der Waals surface area contributed by atoms with Crippen LogP contribution in [0.5, 0.6) is 0 Å². The zero-order chi connectivity index (χ0) is 19.1. The number of anilines is 1. The summed E-state index contributed by atoms with van der Waals surface area (Å²) in [4.78, 5) is 29.7. The molecule has 8 nitrogen and oxygen atoms in total. The van der Waals surface area contributed by atoms with Crippen LogP contribution in [-0.2, 0) is 20.6 Å². The molecule has 2 atom stereocenters. The van der Waals surface area contributed by atoms with Crippen molar-refractivity contribution in [3.63, 3.8) is 0 Å². The Labute approximate surface area is 155 Å². The van der Waals surface area contributed by atoms with Crippen LogP contribution in [0.1, 0.15) is 24.8 Å². The fourth-order valence-corrected chi connectivity index (χ4v) is 3.75. The van der Waals surface area contributed by atoms with Crippen molar-refractivity contribution in [2.24, 2.45) is 14.1 Å². The lowest BCUT2D eigenvalue weighted by atomic mass is 10.2. The number of nitrogens with one attached hydrogen (secondary N) is 1. The predicted octanol–water partition coefficient (Wildman–Crippen LogP) is 0.807. The molecule has 4 rings (SSSR count). The van der Waals surface area contributed by atoms with Crippen LogP contribution in [0.4, 0.5) is 5.95 Å². The zero-order valence-electron chi connectivity index (χ0n) is 15.4. The van der Waals surface area contributed by atoms with Crippen molar-refractivity contribution < 1.29 is 5.11 Å². The van der Waals surface area contributed by atoms with E-state index in [1.54, 1.807) is 11.6 Å². The van der Waals surface area contributed by atoms with Gasteiger partial charge in [-0.05, 0) is 24.8 Å². The first-order valence-corrected chi connectivity index (χ1v) is 9.12. The van der Waals surface area contributed by atoms with E-state index < -0.39 is 11.8 Å². The summed E-state index contributed by atoms with van der Waals surface area (Å²) in [7, 11) is 3.08. The molecule has 0 radical (unpaired) electrons. The molecule has 1 aromatic carbocycles. The van der Waals surface area contributed by atoms with E-state index in [1.807, 2.05) is 30.3 Å². The predicted molar refractivity (Wildman–Crippen MR) is 103 cm³/mol. The highest BCUT2D eigenvalue weighted by Gasteiger charge is 2.28. The molecule has 2 aromatic heterocycles. The van der Waals surface area contributed by atoms with Gasteiger partial charge in [-0.2, -0.15) is 4.98 Å². The average Bonchev–Trinajstić information content (AvgIpc) is 3.23. The minimum absolute atomic E-state index is 0.114. The minimum atomic E-state index is -0.443. The number of benzene rings is 1. The van der Waals surface area contributed by atoms with E-state index in [1.165, 1.54) is 11.6 Å². The highest BCUT2D eigenvalue weighted by molar-refractivity contribution is 5.74. The number of hydrogen-bond donors (Lipinski definition) is 2. The van der Waals surface area contributed by atoms with E-state index in [4.69, 9.17) is 0 Å². The lowest BCUT2D eigenvalue weighted by molar-refractivity contribution is 0.171. The Morgan fingerprint density at radius 1 is 1.15 bits per heavy atom. The molecule has 1 aliphatic rings. The zero-order valence-corrected chi connectivity index (χ0v) is 15.4. The fraction of sp³-hybridized carbons (Fsp3) is 0.421. The number of aliphatic hydroxyl groups is 1. The molecule has 0 amide bonds. The van der Waals surface area contributed by atoms with Crippen molar-refractivity contribution >= 4 is 17.1 Å². The van der Waals surface area contributed by atoms with E-state index in [9.17, 15) is 14.7 Å². The van der Waals surface area contributed by atoms with E-state index in [0.29, 0.717) is 23.7 Å². The van der Waals surface area contributed by atoms with Crippen molar-refractivity contribution in [2.45, 2.75) is 38.0 Å². The fourth-order valence-electron chi connectivity index (χ4n) is 3.75. The van der Waals surface area contributed by atoms with Crippen LogP contribution in [0.3, 0.4) is 0 Å². The number of fused-ring (bicyclic) bond motifs is 1. The summed E-state index contributed by atoms with van der Waals surface area (Å²) in [6.07, 6.45) is 2.09. The number of nitrogens with zero attached hydrogens (tertiary/aromatic N) is 4. The maximum Gasteiger partial charge on any atom is 0.332 e. The molecule has 0 unspecified atom stereocenters. The summed E-state index contributed by atoms with van der Waals surface area (Å²) < 4.78 is 4.28. The molecule has 3 aromatic rings. The molecule has 1 fully saturated rings. The van der Waals surface area contributed by atoms with Crippen molar-refractivity contribution in [1.82, 2.24) is 18.7 Å².